The lowest BCUT2D eigenvalue weighted by atomic mass is 9.75. The van der Waals surface area contributed by atoms with E-state index in [1.54, 1.807) is 13.8 Å². The Labute approximate surface area is 95.6 Å². The summed E-state index contributed by atoms with van der Waals surface area (Å²) in [5, 5.41) is 8.95. The van der Waals surface area contributed by atoms with Gasteiger partial charge < -0.3 is 10.8 Å². The van der Waals surface area contributed by atoms with Gasteiger partial charge in [0.05, 0.1) is 0 Å². The second-order valence-electron chi connectivity index (χ2n) is 4.38. The van der Waals surface area contributed by atoms with E-state index < -0.39 is 17.4 Å². The maximum Gasteiger partial charge on any atom is 0.321 e. The standard InChI is InChI=1S/C13H17NO2/c1-9(10-7-5-4-6-8-10)13(2,3)11(14)12(15)16/h4-8,11H,1,14H2,2-3H3,(H,15,16). The first-order chi connectivity index (χ1) is 7.37. The van der Waals surface area contributed by atoms with Gasteiger partial charge in [-0.3, -0.25) is 4.79 Å². The zero-order valence-electron chi connectivity index (χ0n) is 9.60. The smallest absolute Gasteiger partial charge is 0.321 e. The molecule has 3 nitrogen and oxygen atoms in total. The molecular formula is C13H17NO2. The van der Waals surface area contributed by atoms with Crippen LogP contribution >= 0.6 is 0 Å². The van der Waals surface area contributed by atoms with Crippen LogP contribution in [0.5, 0.6) is 0 Å². The molecular weight excluding hydrogens is 202 g/mol. The number of benzene rings is 1. The van der Waals surface area contributed by atoms with Gasteiger partial charge in [0.25, 0.3) is 0 Å². The van der Waals surface area contributed by atoms with E-state index in [1.807, 2.05) is 30.3 Å². The molecule has 1 aromatic rings. The monoisotopic (exact) mass is 219 g/mol. The van der Waals surface area contributed by atoms with Crippen LogP contribution in [-0.2, 0) is 4.79 Å². The highest BCUT2D eigenvalue weighted by atomic mass is 16.4. The van der Waals surface area contributed by atoms with E-state index in [1.165, 1.54) is 0 Å². The minimum Gasteiger partial charge on any atom is -0.480 e. The lowest BCUT2D eigenvalue weighted by Gasteiger charge is -2.31. The Morgan fingerprint density at radius 2 is 1.88 bits per heavy atom. The number of carbonyl (C=O) groups is 1. The van der Waals surface area contributed by atoms with Crippen LogP contribution in [0.15, 0.2) is 36.9 Å². The van der Waals surface area contributed by atoms with Crippen LogP contribution in [0.1, 0.15) is 19.4 Å². The third-order valence-corrected chi connectivity index (χ3v) is 2.94. The summed E-state index contributed by atoms with van der Waals surface area (Å²) < 4.78 is 0. The molecule has 0 amide bonds. The first kappa shape index (κ1) is 12.5. The Kier molecular flexibility index (Phi) is 3.50. The van der Waals surface area contributed by atoms with Crippen LogP contribution in [0.25, 0.3) is 5.57 Å². The van der Waals surface area contributed by atoms with Crippen molar-refractivity contribution in [2.75, 3.05) is 0 Å². The SMILES string of the molecule is C=C(c1ccccc1)C(C)(C)C(N)C(=O)O. The van der Waals surface area contributed by atoms with Crippen molar-refractivity contribution in [3.8, 4) is 0 Å². The minimum absolute atomic E-state index is 0.673. The average molecular weight is 219 g/mol. The number of nitrogens with two attached hydrogens (primary N) is 1. The van der Waals surface area contributed by atoms with E-state index in [2.05, 4.69) is 6.58 Å². The van der Waals surface area contributed by atoms with Crippen molar-refractivity contribution in [3.63, 3.8) is 0 Å². The fraction of sp³-hybridized carbons (Fsp3) is 0.308. The second kappa shape index (κ2) is 4.49. The summed E-state index contributed by atoms with van der Waals surface area (Å²) in [6.45, 7) is 7.54. The molecule has 0 heterocycles. The third kappa shape index (κ3) is 2.31. The molecule has 86 valence electrons. The Balaban J connectivity index is 3.01. The van der Waals surface area contributed by atoms with Crippen molar-refractivity contribution < 1.29 is 9.90 Å². The molecule has 0 spiro atoms. The van der Waals surface area contributed by atoms with Crippen molar-refractivity contribution in [2.24, 2.45) is 11.1 Å². The molecule has 3 heteroatoms. The maximum atomic E-state index is 10.9. The third-order valence-electron chi connectivity index (χ3n) is 2.94. The lowest BCUT2D eigenvalue weighted by Crippen LogP contribution is -2.44. The molecule has 0 aliphatic rings. The predicted molar refractivity (Wildman–Crippen MR) is 64.9 cm³/mol. The molecule has 0 aromatic heterocycles. The molecule has 1 unspecified atom stereocenters. The van der Waals surface area contributed by atoms with Gasteiger partial charge >= 0.3 is 5.97 Å². The maximum absolute atomic E-state index is 10.9. The van der Waals surface area contributed by atoms with Crippen LogP contribution in [0, 0.1) is 5.41 Å². The van der Waals surface area contributed by atoms with Gasteiger partial charge in [-0.1, -0.05) is 50.8 Å². The van der Waals surface area contributed by atoms with E-state index in [9.17, 15) is 4.79 Å². The van der Waals surface area contributed by atoms with Gasteiger partial charge in [-0.25, -0.2) is 0 Å². The van der Waals surface area contributed by atoms with E-state index >= 15 is 0 Å². The molecule has 16 heavy (non-hydrogen) atoms. The summed E-state index contributed by atoms with van der Waals surface area (Å²) in [5.41, 5.74) is 6.66. The van der Waals surface area contributed by atoms with Crippen molar-refractivity contribution in [3.05, 3.63) is 42.5 Å². The molecule has 0 aliphatic heterocycles. The highest BCUT2D eigenvalue weighted by molar-refractivity contribution is 5.80. The van der Waals surface area contributed by atoms with Gasteiger partial charge in [0.2, 0.25) is 0 Å². The summed E-state index contributed by atoms with van der Waals surface area (Å²) in [6, 6.07) is 8.53. The molecule has 1 aromatic carbocycles. The summed E-state index contributed by atoms with van der Waals surface area (Å²) >= 11 is 0. The van der Waals surface area contributed by atoms with Gasteiger partial charge in [0.15, 0.2) is 0 Å². The van der Waals surface area contributed by atoms with Crippen LogP contribution in [-0.4, -0.2) is 17.1 Å². The van der Waals surface area contributed by atoms with E-state index in [-0.39, 0.29) is 0 Å². The molecule has 0 bridgehead atoms. The number of hydrogen-bond donors (Lipinski definition) is 2. The molecule has 0 aliphatic carbocycles. The van der Waals surface area contributed by atoms with E-state index in [4.69, 9.17) is 10.8 Å². The van der Waals surface area contributed by atoms with Crippen LogP contribution in [0.4, 0.5) is 0 Å². The Hall–Kier alpha value is -1.61. The Morgan fingerprint density at radius 1 is 1.38 bits per heavy atom. The van der Waals surface area contributed by atoms with Crippen LogP contribution in [0.2, 0.25) is 0 Å². The van der Waals surface area contributed by atoms with Crippen LogP contribution in [0.3, 0.4) is 0 Å². The summed E-state index contributed by atoms with van der Waals surface area (Å²) in [4.78, 5) is 10.9. The molecule has 0 fully saturated rings. The van der Waals surface area contributed by atoms with Gasteiger partial charge in [-0.05, 0) is 11.1 Å². The molecule has 0 saturated heterocycles. The number of aliphatic carboxylic acids is 1. The first-order valence-electron chi connectivity index (χ1n) is 5.10. The molecule has 0 saturated carbocycles. The molecule has 1 rings (SSSR count). The van der Waals surface area contributed by atoms with Gasteiger partial charge in [0.1, 0.15) is 6.04 Å². The largest absolute Gasteiger partial charge is 0.480 e. The van der Waals surface area contributed by atoms with Gasteiger partial charge in [-0.15, -0.1) is 0 Å². The molecule has 0 radical (unpaired) electrons. The van der Waals surface area contributed by atoms with Crippen molar-refractivity contribution in [1.29, 1.82) is 0 Å². The minimum atomic E-state index is -1.01. The number of carboxylic acids is 1. The van der Waals surface area contributed by atoms with Gasteiger partial charge in [0, 0.05) is 5.41 Å². The Morgan fingerprint density at radius 3 is 2.31 bits per heavy atom. The zero-order valence-corrected chi connectivity index (χ0v) is 9.60. The Bertz CT molecular complexity index is 396. The quantitative estimate of drug-likeness (QED) is 0.815. The van der Waals surface area contributed by atoms with Crippen molar-refractivity contribution >= 4 is 11.5 Å². The fourth-order valence-corrected chi connectivity index (χ4v) is 1.51. The highest BCUT2D eigenvalue weighted by Gasteiger charge is 2.34. The highest BCUT2D eigenvalue weighted by Crippen LogP contribution is 2.35. The normalized spacial score (nSPS) is 13.2. The molecule has 3 N–H and O–H groups in total. The van der Waals surface area contributed by atoms with Crippen LogP contribution < -0.4 is 5.73 Å². The first-order valence-corrected chi connectivity index (χ1v) is 5.10. The summed E-state index contributed by atoms with van der Waals surface area (Å²) in [7, 11) is 0. The summed E-state index contributed by atoms with van der Waals surface area (Å²) in [5.74, 6) is -1.01. The summed E-state index contributed by atoms with van der Waals surface area (Å²) in [6.07, 6.45) is 0. The number of carboxylic acid groups (broad SMARTS) is 1. The number of rotatable bonds is 4. The van der Waals surface area contributed by atoms with Gasteiger partial charge in [-0.2, -0.15) is 0 Å². The number of hydrogen-bond acceptors (Lipinski definition) is 2. The van der Waals surface area contributed by atoms with Crippen molar-refractivity contribution in [1.82, 2.24) is 0 Å². The zero-order chi connectivity index (χ0) is 12.3. The predicted octanol–water partition coefficient (Wildman–Crippen LogP) is 2.14. The lowest BCUT2D eigenvalue weighted by molar-refractivity contribution is -0.140. The van der Waals surface area contributed by atoms with Crippen molar-refractivity contribution in [2.45, 2.75) is 19.9 Å². The van der Waals surface area contributed by atoms with E-state index in [0.29, 0.717) is 0 Å². The fourth-order valence-electron chi connectivity index (χ4n) is 1.51. The second-order valence-corrected chi connectivity index (χ2v) is 4.38. The average Bonchev–Trinajstić information content (AvgIpc) is 2.28. The molecule has 1 atom stereocenters. The topological polar surface area (TPSA) is 63.3 Å². The van der Waals surface area contributed by atoms with E-state index in [0.717, 1.165) is 11.1 Å².